The Morgan fingerprint density at radius 2 is 2.36 bits per heavy atom. The summed E-state index contributed by atoms with van der Waals surface area (Å²) >= 11 is 3.20. The van der Waals surface area contributed by atoms with E-state index >= 15 is 0 Å². The molecule has 0 aromatic carbocycles. The summed E-state index contributed by atoms with van der Waals surface area (Å²) in [5, 5.41) is 8.74. The SMILES string of the molecule is Nc1c(C(=O)O)nc2ncc(Br)cn12. The number of nitrogens with two attached hydrogens (primary N) is 1. The van der Waals surface area contributed by atoms with Gasteiger partial charge in [0.25, 0.3) is 0 Å². The van der Waals surface area contributed by atoms with E-state index in [1.807, 2.05) is 0 Å². The first-order valence-electron chi connectivity index (χ1n) is 3.62. The lowest BCUT2D eigenvalue weighted by molar-refractivity contribution is 0.0692. The molecule has 14 heavy (non-hydrogen) atoms. The summed E-state index contributed by atoms with van der Waals surface area (Å²) in [5.74, 6) is -0.825. The number of hydrogen-bond acceptors (Lipinski definition) is 4. The average Bonchev–Trinajstić information content (AvgIpc) is 2.44. The van der Waals surface area contributed by atoms with Crippen LogP contribution in [0, 0.1) is 0 Å². The summed E-state index contributed by atoms with van der Waals surface area (Å²) in [6.07, 6.45) is 3.13. The van der Waals surface area contributed by atoms with Gasteiger partial charge in [-0.1, -0.05) is 0 Å². The van der Waals surface area contributed by atoms with Crippen molar-refractivity contribution in [2.24, 2.45) is 0 Å². The van der Waals surface area contributed by atoms with E-state index in [1.165, 1.54) is 10.6 Å². The van der Waals surface area contributed by atoms with E-state index in [0.717, 1.165) is 0 Å². The highest BCUT2D eigenvalue weighted by molar-refractivity contribution is 9.10. The van der Waals surface area contributed by atoms with Crippen molar-refractivity contribution in [2.75, 3.05) is 5.73 Å². The minimum Gasteiger partial charge on any atom is -0.476 e. The van der Waals surface area contributed by atoms with Gasteiger partial charge in [-0.25, -0.2) is 14.8 Å². The molecule has 0 fully saturated rings. The van der Waals surface area contributed by atoms with Gasteiger partial charge in [0, 0.05) is 12.4 Å². The van der Waals surface area contributed by atoms with E-state index in [2.05, 4.69) is 25.9 Å². The molecule has 0 unspecified atom stereocenters. The number of aromatic carboxylic acids is 1. The van der Waals surface area contributed by atoms with Crippen LogP contribution in [-0.2, 0) is 0 Å². The lowest BCUT2D eigenvalue weighted by Gasteiger charge is -1.95. The highest BCUT2D eigenvalue weighted by Crippen LogP contribution is 2.16. The van der Waals surface area contributed by atoms with Gasteiger partial charge in [-0.15, -0.1) is 0 Å². The molecule has 0 spiro atoms. The van der Waals surface area contributed by atoms with Crippen LogP contribution in [-0.4, -0.2) is 25.4 Å². The fourth-order valence-electron chi connectivity index (χ4n) is 1.08. The summed E-state index contributed by atoms with van der Waals surface area (Å²) in [6.45, 7) is 0. The molecule has 2 heterocycles. The van der Waals surface area contributed by atoms with Crippen LogP contribution in [0.3, 0.4) is 0 Å². The molecule has 2 rings (SSSR count). The van der Waals surface area contributed by atoms with Crippen molar-refractivity contribution in [1.29, 1.82) is 0 Å². The molecule has 0 amide bonds. The normalized spacial score (nSPS) is 10.6. The molecule has 6 nitrogen and oxygen atoms in total. The average molecular weight is 257 g/mol. The van der Waals surface area contributed by atoms with E-state index in [1.54, 1.807) is 6.20 Å². The Bertz CT molecular complexity index is 522. The molecule has 0 aliphatic carbocycles. The zero-order chi connectivity index (χ0) is 10.3. The largest absolute Gasteiger partial charge is 0.476 e. The molecule has 0 aliphatic heterocycles. The molecule has 7 heteroatoms. The van der Waals surface area contributed by atoms with Crippen LogP contribution in [0.25, 0.3) is 5.78 Å². The smallest absolute Gasteiger partial charge is 0.358 e. The van der Waals surface area contributed by atoms with Crippen molar-refractivity contribution in [1.82, 2.24) is 14.4 Å². The number of hydrogen-bond donors (Lipinski definition) is 2. The molecule has 2 aromatic heterocycles. The number of nitrogens with zero attached hydrogens (tertiary/aromatic N) is 3. The van der Waals surface area contributed by atoms with E-state index in [-0.39, 0.29) is 17.3 Å². The Balaban J connectivity index is 2.80. The second-order valence-electron chi connectivity index (χ2n) is 2.59. The minimum atomic E-state index is -1.16. The van der Waals surface area contributed by atoms with Gasteiger partial charge < -0.3 is 10.8 Å². The Morgan fingerprint density at radius 3 is 3.00 bits per heavy atom. The molecule has 72 valence electrons. The van der Waals surface area contributed by atoms with Gasteiger partial charge in [0.05, 0.1) is 4.47 Å². The van der Waals surface area contributed by atoms with Crippen LogP contribution in [0.1, 0.15) is 10.5 Å². The molecule has 0 saturated heterocycles. The molecule has 0 saturated carbocycles. The monoisotopic (exact) mass is 256 g/mol. The number of nitrogen functional groups attached to an aromatic ring is 1. The fraction of sp³-hybridized carbons (Fsp3) is 0. The fourth-order valence-corrected chi connectivity index (χ4v) is 1.39. The zero-order valence-electron chi connectivity index (χ0n) is 6.81. The predicted molar refractivity (Wildman–Crippen MR) is 52.1 cm³/mol. The topological polar surface area (TPSA) is 93.5 Å². The molecule has 0 atom stereocenters. The number of rotatable bonds is 1. The van der Waals surface area contributed by atoms with E-state index < -0.39 is 5.97 Å². The van der Waals surface area contributed by atoms with Crippen LogP contribution in [0.5, 0.6) is 0 Å². The summed E-state index contributed by atoms with van der Waals surface area (Å²) < 4.78 is 2.11. The van der Waals surface area contributed by atoms with Crippen molar-refractivity contribution in [2.45, 2.75) is 0 Å². The summed E-state index contributed by atoms with van der Waals surface area (Å²) in [6, 6.07) is 0. The van der Waals surface area contributed by atoms with E-state index in [9.17, 15) is 4.79 Å². The number of carbonyl (C=O) groups is 1. The van der Waals surface area contributed by atoms with Gasteiger partial charge in [0.2, 0.25) is 5.78 Å². The number of halogens is 1. The lowest BCUT2D eigenvalue weighted by atomic mass is 10.4. The highest BCUT2D eigenvalue weighted by Gasteiger charge is 2.15. The quantitative estimate of drug-likeness (QED) is 0.786. The number of fused-ring (bicyclic) bond motifs is 1. The second kappa shape index (κ2) is 2.95. The van der Waals surface area contributed by atoms with Gasteiger partial charge in [-0.3, -0.25) is 4.40 Å². The third kappa shape index (κ3) is 1.22. The standard InChI is InChI=1S/C7H5BrN4O2/c8-3-1-10-7-11-4(6(13)14)5(9)12(7)2-3/h1-2H,9H2,(H,13,14). The summed E-state index contributed by atoms with van der Waals surface area (Å²) in [5.41, 5.74) is 5.38. The first kappa shape index (κ1) is 8.95. The van der Waals surface area contributed by atoms with Crippen LogP contribution in [0.4, 0.5) is 5.82 Å². The van der Waals surface area contributed by atoms with E-state index in [0.29, 0.717) is 4.47 Å². The number of carboxylic acids is 1. The van der Waals surface area contributed by atoms with Crippen LogP contribution < -0.4 is 5.73 Å². The summed E-state index contributed by atoms with van der Waals surface area (Å²) in [7, 11) is 0. The van der Waals surface area contributed by atoms with Crippen molar-refractivity contribution < 1.29 is 9.90 Å². The molecule has 0 bridgehead atoms. The van der Waals surface area contributed by atoms with Gasteiger partial charge in [0.15, 0.2) is 5.69 Å². The maximum atomic E-state index is 10.7. The molecule has 0 aliphatic rings. The third-order valence-corrected chi connectivity index (χ3v) is 2.10. The Labute approximate surface area is 86.5 Å². The van der Waals surface area contributed by atoms with Crippen molar-refractivity contribution in [3.05, 3.63) is 22.6 Å². The Kier molecular flexibility index (Phi) is 1.88. The first-order valence-corrected chi connectivity index (χ1v) is 4.41. The predicted octanol–water partition coefficient (Wildman–Crippen LogP) is 0.772. The summed E-state index contributed by atoms with van der Waals surface area (Å²) in [4.78, 5) is 18.3. The van der Waals surface area contributed by atoms with Gasteiger partial charge in [-0.2, -0.15) is 0 Å². The molecular weight excluding hydrogens is 252 g/mol. The molecule has 2 aromatic rings. The van der Waals surface area contributed by atoms with Crippen molar-refractivity contribution in [3.63, 3.8) is 0 Å². The Morgan fingerprint density at radius 1 is 1.64 bits per heavy atom. The van der Waals surface area contributed by atoms with Crippen LogP contribution >= 0.6 is 15.9 Å². The van der Waals surface area contributed by atoms with Crippen molar-refractivity contribution in [3.8, 4) is 0 Å². The number of carboxylic acid groups (broad SMARTS) is 1. The van der Waals surface area contributed by atoms with Gasteiger partial charge in [-0.05, 0) is 15.9 Å². The zero-order valence-corrected chi connectivity index (χ0v) is 8.39. The maximum absolute atomic E-state index is 10.7. The minimum absolute atomic E-state index is 0.0706. The van der Waals surface area contributed by atoms with Gasteiger partial charge >= 0.3 is 5.97 Å². The number of aromatic nitrogens is 3. The third-order valence-electron chi connectivity index (χ3n) is 1.69. The van der Waals surface area contributed by atoms with Crippen LogP contribution in [0.15, 0.2) is 16.9 Å². The Hall–Kier alpha value is -1.63. The second-order valence-corrected chi connectivity index (χ2v) is 3.51. The first-order chi connectivity index (χ1) is 6.59. The van der Waals surface area contributed by atoms with E-state index in [4.69, 9.17) is 10.8 Å². The van der Waals surface area contributed by atoms with Crippen LogP contribution in [0.2, 0.25) is 0 Å². The highest BCUT2D eigenvalue weighted by atomic mass is 79.9. The lowest BCUT2D eigenvalue weighted by Crippen LogP contribution is -2.02. The maximum Gasteiger partial charge on any atom is 0.358 e. The number of imidazole rings is 1. The van der Waals surface area contributed by atoms with Crippen molar-refractivity contribution >= 4 is 33.5 Å². The van der Waals surface area contributed by atoms with Gasteiger partial charge in [0.1, 0.15) is 5.82 Å². The molecule has 3 N–H and O–H groups in total. The molecular formula is C7H5BrN4O2. The number of anilines is 1. The molecule has 0 radical (unpaired) electrons.